The quantitative estimate of drug-likeness (QED) is 0.0321. The first-order valence-corrected chi connectivity index (χ1v) is 29.2. The van der Waals surface area contributed by atoms with Gasteiger partial charge in [-0.05, 0) is 83.5 Å². The number of rotatable bonds is 54. The maximum Gasteiger partial charge on any atom is 0.305 e. The summed E-state index contributed by atoms with van der Waals surface area (Å²) >= 11 is 0. The van der Waals surface area contributed by atoms with Gasteiger partial charge in [0.1, 0.15) is 0 Å². The van der Waals surface area contributed by atoms with Crippen LogP contribution in [0.2, 0.25) is 0 Å². The zero-order valence-corrected chi connectivity index (χ0v) is 44.2. The van der Waals surface area contributed by atoms with E-state index in [4.69, 9.17) is 4.74 Å². The highest BCUT2D eigenvalue weighted by Gasteiger charge is 2.20. The normalized spacial score (nSPS) is 12.8. The van der Waals surface area contributed by atoms with Crippen molar-refractivity contribution < 1.29 is 24.5 Å². The van der Waals surface area contributed by atoms with Crippen molar-refractivity contribution in [2.45, 2.75) is 321 Å². The first-order chi connectivity index (χ1) is 32.5. The van der Waals surface area contributed by atoms with Gasteiger partial charge >= 0.3 is 5.97 Å². The van der Waals surface area contributed by atoms with Gasteiger partial charge in [-0.3, -0.25) is 9.59 Å². The van der Waals surface area contributed by atoms with E-state index in [-0.39, 0.29) is 18.5 Å². The lowest BCUT2D eigenvalue weighted by Crippen LogP contribution is -2.45. The molecule has 0 aliphatic rings. The van der Waals surface area contributed by atoms with Crippen molar-refractivity contribution in [3.8, 4) is 0 Å². The van der Waals surface area contributed by atoms with Crippen molar-refractivity contribution in [1.82, 2.24) is 5.32 Å². The van der Waals surface area contributed by atoms with E-state index >= 15 is 0 Å². The Kier molecular flexibility index (Phi) is 54.1. The van der Waals surface area contributed by atoms with Crippen LogP contribution < -0.4 is 5.32 Å². The third kappa shape index (κ3) is 51.5. The molecule has 66 heavy (non-hydrogen) atoms. The number of hydrogen-bond donors (Lipinski definition) is 3. The molecule has 0 fully saturated rings. The summed E-state index contributed by atoms with van der Waals surface area (Å²) in [6, 6.07) is -0.554. The molecule has 6 nitrogen and oxygen atoms in total. The highest BCUT2D eigenvalue weighted by Crippen LogP contribution is 2.17. The van der Waals surface area contributed by atoms with Gasteiger partial charge in [0.05, 0.1) is 25.4 Å². The highest BCUT2D eigenvalue weighted by molar-refractivity contribution is 5.76. The van der Waals surface area contributed by atoms with Gasteiger partial charge in [0.25, 0.3) is 0 Å². The molecule has 1 amide bonds. The Morgan fingerprint density at radius 2 is 0.758 bits per heavy atom. The van der Waals surface area contributed by atoms with Gasteiger partial charge in [0.2, 0.25) is 5.91 Å². The molecule has 0 rings (SSSR count). The van der Waals surface area contributed by atoms with Gasteiger partial charge in [-0.25, -0.2) is 0 Å². The van der Waals surface area contributed by atoms with Crippen LogP contribution in [0.5, 0.6) is 0 Å². The topological polar surface area (TPSA) is 95.9 Å². The predicted molar refractivity (Wildman–Crippen MR) is 287 cm³/mol. The lowest BCUT2D eigenvalue weighted by molar-refractivity contribution is -0.143. The minimum absolute atomic E-state index is 0.00662. The van der Waals surface area contributed by atoms with Crippen LogP contribution in [0.4, 0.5) is 0 Å². The first-order valence-electron chi connectivity index (χ1n) is 29.2. The number of carbonyl (C=O) groups excluding carboxylic acids is 2. The largest absolute Gasteiger partial charge is 0.466 e. The van der Waals surface area contributed by atoms with Crippen molar-refractivity contribution in [2.24, 2.45) is 0 Å². The molecule has 0 bridgehead atoms. The number of nitrogens with one attached hydrogen (secondary N) is 1. The van der Waals surface area contributed by atoms with Gasteiger partial charge in [-0.2, -0.15) is 0 Å². The van der Waals surface area contributed by atoms with Crippen molar-refractivity contribution in [1.29, 1.82) is 0 Å². The number of allylic oxidation sites excluding steroid dienone is 6. The second kappa shape index (κ2) is 55.7. The van der Waals surface area contributed by atoms with Gasteiger partial charge < -0.3 is 20.3 Å². The first kappa shape index (κ1) is 64.1. The number of aliphatic hydroxyl groups excluding tert-OH is 2. The van der Waals surface area contributed by atoms with Crippen molar-refractivity contribution in [3.63, 3.8) is 0 Å². The summed E-state index contributed by atoms with van der Waals surface area (Å²) in [6.45, 7) is 4.91. The van der Waals surface area contributed by atoms with Crippen LogP contribution in [-0.2, 0) is 14.3 Å². The Morgan fingerprint density at radius 3 is 1.20 bits per heavy atom. The van der Waals surface area contributed by atoms with E-state index in [1.165, 1.54) is 205 Å². The van der Waals surface area contributed by atoms with E-state index in [2.05, 4.69) is 55.6 Å². The smallest absolute Gasteiger partial charge is 0.305 e. The minimum atomic E-state index is -0.675. The Bertz CT molecular complexity index is 1070. The van der Waals surface area contributed by atoms with E-state index in [0.717, 1.165) is 70.6 Å². The molecule has 0 aromatic heterocycles. The Balaban J connectivity index is 3.45. The summed E-state index contributed by atoms with van der Waals surface area (Å²) in [4.78, 5) is 24.5. The molecule has 3 N–H and O–H groups in total. The van der Waals surface area contributed by atoms with Crippen LogP contribution in [0.15, 0.2) is 36.5 Å². The predicted octanol–water partition coefficient (Wildman–Crippen LogP) is 18.0. The van der Waals surface area contributed by atoms with Crippen molar-refractivity contribution in [2.75, 3.05) is 13.2 Å². The summed E-state index contributed by atoms with van der Waals surface area (Å²) in [7, 11) is 0. The number of esters is 1. The number of amides is 1. The van der Waals surface area contributed by atoms with Gasteiger partial charge in [0.15, 0.2) is 0 Å². The van der Waals surface area contributed by atoms with Crippen molar-refractivity contribution in [3.05, 3.63) is 36.5 Å². The minimum Gasteiger partial charge on any atom is -0.466 e. The molecule has 0 spiro atoms. The number of aliphatic hydroxyl groups is 2. The van der Waals surface area contributed by atoms with E-state index in [1.54, 1.807) is 0 Å². The second-order valence-corrected chi connectivity index (χ2v) is 20.0. The van der Waals surface area contributed by atoms with E-state index < -0.39 is 12.1 Å². The van der Waals surface area contributed by atoms with Crippen LogP contribution in [0.3, 0.4) is 0 Å². The fraction of sp³-hybridized carbons (Fsp3) is 0.867. The summed E-state index contributed by atoms with van der Waals surface area (Å²) in [5.74, 6) is -0.0584. The maximum atomic E-state index is 12.5. The highest BCUT2D eigenvalue weighted by atomic mass is 16.5. The number of ether oxygens (including phenoxy) is 1. The molecule has 2 atom stereocenters. The fourth-order valence-electron chi connectivity index (χ4n) is 8.90. The van der Waals surface area contributed by atoms with Crippen LogP contribution in [0.25, 0.3) is 0 Å². The lowest BCUT2D eigenvalue weighted by atomic mass is 10.0. The summed E-state index contributed by atoms with van der Waals surface area (Å²) in [6.07, 6.45) is 68.4. The van der Waals surface area contributed by atoms with Crippen molar-refractivity contribution >= 4 is 11.9 Å². The summed E-state index contributed by atoms with van der Waals surface area (Å²) in [5.41, 5.74) is 0. The fourth-order valence-corrected chi connectivity index (χ4v) is 8.90. The van der Waals surface area contributed by atoms with Crippen LogP contribution in [0, 0.1) is 0 Å². The summed E-state index contributed by atoms with van der Waals surface area (Å²) < 4.78 is 5.48. The number of hydrogen-bond acceptors (Lipinski definition) is 5. The SMILES string of the molecule is CCCCC/C=C\C/C=C\CCCCCCCCCCCC(=O)OCCCCCCCCC/C=C\CCCCCCCC(=O)NC(CO)C(O)CCCCCCCCCCCCCCCC. The van der Waals surface area contributed by atoms with E-state index in [1.807, 2.05) is 0 Å². The number of unbranched alkanes of at least 4 members (excludes halogenated alkanes) is 37. The molecular formula is C60H113NO5. The second-order valence-electron chi connectivity index (χ2n) is 20.0. The lowest BCUT2D eigenvalue weighted by Gasteiger charge is -2.22. The Hall–Kier alpha value is -1.92. The van der Waals surface area contributed by atoms with Gasteiger partial charge in [0, 0.05) is 12.8 Å². The average molecular weight is 929 g/mol. The molecule has 0 saturated heterocycles. The molecule has 0 heterocycles. The molecule has 0 saturated carbocycles. The zero-order chi connectivity index (χ0) is 47.9. The molecule has 388 valence electrons. The van der Waals surface area contributed by atoms with E-state index in [9.17, 15) is 19.8 Å². The van der Waals surface area contributed by atoms with Gasteiger partial charge in [-0.15, -0.1) is 0 Å². The molecule has 0 aromatic rings. The van der Waals surface area contributed by atoms with Crippen LogP contribution >= 0.6 is 0 Å². The molecule has 0 aliphatic heterocycles. The molecule has 6 heteroatoms. The monoisotopic (exact) mass is 928 g/mol. The van der Waals surface area contributed by atoms with Crippen LogP contribution in [0.1, 0.15) is 309 Å². The Morgan fingerprint density at radius 1 is 0.424 bits per heavy atom. The average Bonchev–Trinajstić information content (AvgIpc) is 3.32. The molecule has 2 unspecified atom stereocenters. The molecule has 0 aliphatic carbocycles. The molecule has 0 aromatic carbocycles. The Labute approximate surface area is 411 Å². The third-order valence-electron chi connectivity index (χ3n) is 13.4. The van der Waals surface area contributed by atoms with Gasteiger partial charge in [-0.1, -0.05) is 249 Å². The molecule has 0 radical (unpaired) electrons. The number of carbonyl (C=O) groups is 2. The van der Waals surface area contributed by atoms with E-state index in [0.29, 0.717) is 25.9 Å². The third-order valence-corrected chi connectivity index (χ3v) is 13.4. The summed E-state index contributed by atoms with van der Waals surface area (Å²) in [5, 5.41) is 23.2. The standard InChI is InChI=1S/C60H113NO5/c1-3-5-7-9-11-13-15-17-19-20-21-22-26-30-34-38-42-46-50-54-60(65)66-55-51-47-43-39-35-31-27-24-23-25-29-33-37-41-45-49-53-59(64)61-57(56-62)58(63)52-48-44-40-36-32-28-18-16-14-12-10-8-6-4-2/h11,13,17,19,23,25,57-58,62-63H,3-10,12,14-16,18,20-22,24,26-56H2,1-2H3,(H,61,64)/b13-11-,19-17-,25-23-. The van der Waals surface area contributed by atoms with Crippen LogP contribution in [-0.4, -0.2) is 47.4 Å². The molecular weight excluding hydrogens is 815 g/mol. The maximum absolute atomic E-state index is 12.5. The zero-order valence-electron chi connectivity index (χ0n) is 44.2.